The van der Waals surface area contributed by atoms with Crippen molar-refractivity contribution in [2.45, 2.75) is 6.42 Å². The first-order valence-electron chi connectivity index (χ1n) is 4.14. The third kappa shape index (κ3) is 5.78. The lowest BCUT2D eigenvalue weighted by Crippen LogP contribution is -1.92. The highest BCUT2D eigenvalue weighted by atomic mass is 16.1. The fourth-order valence-corrected chi connectivity index (χ4v) is 0.673. The van der Waals surface area contributed by atoms with Crippen molar-refractivity contribution >= 4 is 12.1 Å². The molecule has 1 aromatic heterocycles. The van der Waals surface area contributed by atoms with E-state index in [1.807, 2.05) is 6.07 Å². The fourth-order valence-electron chi connectivity index (χ4n) is 0.673. The summed E-state index contributed by atoms with van der Waals surface area (Å²) in [6.45, 7) is 0. The second-order valence-corrected chi connectivity index (χ2v) is 2.30. The van der Waals surface area contributed by atoms with Crippen molar-refractivity contribution in [2.75, 3.05) is 12.4 Å². The topological polar surface area (TPSA) is 89.6 Å². The summed E-state index contributed by atoms with van der Waals surface area (Å²) in [6.07, 6.45) is 0.583. The highest BCUT2D eigenvalue weighted by Gasteiger charge is 1.90. The number of nitriles is 2. The number of pyridine rings is 1. The molecule has 1 N–H and O–H groups in total. The number of nitrogens with zero attached hydrogens (tertiary/aromatic N) is 3. The summed E-state index contributed by atoms with van der Waals surface area (Å²) in [5.74, 6) is 0.721. The van der Waals surface area contributed by atoms with E-state index in [4.69, 9.17) is 10.5 Å². The van der Waals surface area contributed by atoms with Crippen molar-refractivity contribution in [1.29, 1.82) is 10.5 Å². The average molecular weight is 202 g/mol. The first-order valence-corrected chi connectivity index (χ1v) is 4.14. The van der Waals surface area contributed by atoms with Gasteiger partial charge in [-0.05, 0) is 12.1 Å². The Labute approximate surface area is 88.0 Å². The zero-order valence-electron chi connectivity index (χ0n) is 8.27. The van der Waals surface area contributed by atoms with Crippen molar-refractivity contribution in [1.82, 2.24) is 4.98 Å². The summed E-state index contributed by atoms with van der Waals surface area (Å²) >= 11 is 0. The maximum atomic E-state index is 9.18. The molecule has 76 valence electrons. The van der Waals surface area contributed by atoms with Gasteiger partial charge in [0.2, 0.25) is 0 Å². The van der Waals surface area contributed by atoms with Gasteiger partial charge in [-0.3, -0.25) is 0 Å². The molecule has 0 spiro atoms. The summed E-state index contributed by atoms with van der Waals surface area (Å²) in [5, 5.41) is 18.8. The van der Waals surface area contributed by atoms with Crippen molar-refractivity contribution in [3.8, 4) is 12.1 Å². The Morgan fingerprint density at radius 1 is 1.53 bits per heavy atom. The number of hydrogen-bond acceptors (Lipinski definition) is 5. The number of nitrogens with one attached hydrogen (secondary N) is 1. The van der Waals surface area contributed by atoms with Crippen LogP contribution in [0.5, 0.6) is 0 Å². The second kappa shape index (κ2) is 8.21. The van der Waals surface area contributed by atoms with E-state index in [1.165, 1.54) is 0 Å². The first-order chi connectivity index (χ1) is 7.28. The van der Waals surface area contributed by atoms with E-state index in [0.717, 1.165) is 5.82 Å². The zero-order chi connectivity index (χ0) is 11.5. The Morgan fingerprint density at radius 2 is 2.27 bits per heavy atom. The van der Waals surface area contributed by atoms with Gasteiger partial charge in [0.05, 0.1) is 12.5 Å². The Hall–Kier alpha value is -2.40. The number of rotatable bonds is 2. The molecule has 0 aromatic carbocycles. The third-order valence-electron chi connectivity index (χ3n) is 1.29. The van der Waals surface area contributed by atoms with Crippen molar-refractivity contribution in [3.63, 3.8) is 0 Å². The molecule has 0 unspecified atom stereocenters. The van der Waals surface area contributed by atoms with E-state index < -0.39 is 0 Å². The van der Waals surface area contributed by atoms with Crippen LogP contribution in [0.1, 0.15) is 12.1 Å². The van der Waals surface area contributed by atoms with E-state index >= 15 is 0 Å². The van der Waals surface area contributed by atoms with Gasteiger partial charge in [-0.1, -0.05) is 6.07 Å². The Balaban J connectivity index is 0.000000336. The van der Waals surface area contributed by atoms with Gasteiger partial charge in [-0.2, -0.15) is 10.5 Å². The molecule has 0 radical (unpaired) electrons. The molecule has 0 amide bonds. The molecule has 1 rings (SSSR count). The number of carbonyl (C=O) groups is 1. The van der Waals surface area contributed by atoms with Gasteiger partial charge in [-0.25, -0.2) is 4.98 Å². The minimum absolute atomic E-state index is 0.0139. The van der Waals surface area contributed by atoms with Gasteiger partial charge < -0.3 is 10.1 Å². The summed E-state index contributed by atoms with van der Waals surface area (Å²) < 4.78 is 0. The van der Waals surface area contributed by atoms with Crippen molar-refractivity contribution in [2.24, 2.45) is 0 Å². The lowest BCUT2D eigenvalue weighted by molar-refractivity contribution is -0.107. The standard InChI is InChI=1S/C7H7N3.C3H3NO/c1-9-7-4-2-3-6(5-8)10-7;4-2-1-3-5/h2-4H,1H3,(H,9,10);3H,1H2. The zero-order valence-corrected chi connectivity index (χ0v) is 8.27. The highest BCUT2D eigenvalue weighted by molar-refractivity contribution is 5.52. The number of anilines is 1. The van der Waals surface area contributed by atoms with Gasteiger partial charge in [0.25, 0.3) is 0 Å². The molecular weight excluding hydrogens is 192 g/mol. The van der Waals surface area contributed by atoms with Gasteiger partial charge in [0.1, 0.15) is 23.9 Å². The summed E-state index contributed by atoms with van der Waals surface area (Å²) in [7, 11) is 1.77. The summed E-state index contributed by atoms with van der Waals surface area (Å²) in [4.78, 5) is 13.1. The predicted octanol–water partition coefficient (Wildman–Crippen LogP) is 1.09. The van der Waals surface area contributed by atoms with E-state index in [-0.39, 0.29) is 6.42 Å². The molecule has 15 heavy (non-hydrogen) atoms. The second-order valence-electron chi connectivity index (χ2n) is 2.30. The molecule has 5 nitrogen and oxygen atoms in total. The number of carbonyl (C=O) groups excluding carboxylic acids is 1. The lowest BCUT2D eigenvalue weighted by Gasteiger charge is -1.95. The molecule has 0 atom stereocenters. The predicted molar refractivity (Wildman–Crippen MR) is 54.8 cm³/mol. The quantitative estimate of drug-likeness (QED) is 0.725. The molecule has 0 saturated heterocycles. The van der Waals surface area contributed by atoms with Crippen LogP contribution < -0.4 is 5.32 Å². The number of hydrogen-bond donors (Lipinski definition) is 1. The molecule has 0 aliphatic rings. The van der Waals surface area contributed by atoms with Crippen molar-refractivity contribution < 1.29 is 4.79 Å². The van der Waals surface area contributed by atoms with Crippen LogP contribution in [0.3, 0.4) is 0 Å². The first kappa shape index (κ1) is 12.6. The third-order valence-corrected chi connectivity index (χ3v) is 1.29. The largest absolute Gasteiger partial charge is 0.373 e. The molecule has 0 saturated carbocycles. The van der Waals surface area contributed by atoms with E-state index in [2.05, 4.69) is 10.3 Å². The fraction of sp³-hybridized carbons (Fsp3) is 0.200. The van der Waals surface area contributed by atoms with Crippen LogP contribution >= 0.6 is 0 Å². The maximum Gasteiger partial charge on any atom is 0.142 e. The summed E-state index contributed by atoms with van der Waals surface area (Å²) in [6, 6.07) is 8.86. The maximum absolute atomic E-state index is 9.18. The van der Waals surface area contributed by atoms with Crippen LogP contribution in [-0.2, 0) is 4.79 Å². The van der Waals surface area contributed by atoms with Crippen LogP contribution in [0.25, 0.3) is 0 Å². The molecule has 1 heterocycles. The van der Waals surface area contributed by atoms with Crippen LogP contribution in [0.4, 0.5) is 5.82 Å². The van der Waals surface area contributed by atoms with Crippen LogP contribution in [0.15, 0.2) is 18.2 Å². The van der Waals surface area contributed by atoms with Crippen molar-refractivity contribution in [3.05, 3.63) is 23.9 Å². The van der Waals surface area contributed by atoms with Gasteiger partial charge in [0.15, 0.2) is 0 Å². The molecule has 0 bridgehead atoms. The molecule has 1 aromatic rings. The van der Waals surface area contributed by atoms with Gasteiger partial charge in [-0.15, -0.1) is 0 Å². The minimum Gasteiger partial charge on any atom is -0.373 e. The van der Waals surface area contributed by atoms with Gasteiger partial charge in [0, 0.05) is 7.05 Å². The molecule has 0 aliphatic carbocycles. The Kier molecular flexibility index (Phi) is 6.90. The molecular formula is C10H10N4O. The summed E-state index contributed by atoms with van der Waals surface area (Å²) in [5.41, 5.74) is 0.437. The minimum atomic E-state index is 0.0139. The highest BCUT2D eigenvalue weighted by Crippen LogP contribution is 2.01. The molecule has 0 fully saturated rings. The molecule has 5 heteroatoms. The van der Waals surface area contributed by atoms with E-state index in [0.29, 0.717) is 12.0 Å². The van der Waals surface area contributed by atoms with Crippen LogP contribution in [0.2, 0.25) is 0 Å². The van der Waals surface area contributed by atoms with Crippen LogP contribution in [0, 0.1) is 22.7 Å². The molecule has 0 aliphatic heterocycles. The number of aldehydes is 1. The smallest absolute Gasteiger partial charge is 0.142 e. The van der Waals surface area contributed by atoms with E-state index in [9.17, 15) is 4.79 Å². The normalized spacial score (nSPS) is 7.40. The average Bonchev–Trinajstić information content (AvgIpc) is 2.31. The Bertz CT molecular complexity index is 389. The SMILES string of the molecule is CNc1cccc(C#N)n1.N#CCC=O. The number of aromatic nitrogens is 1. The van der Waals surface area contributed by atoms with E-state index in [1.54, 1.807) is 31.3 Å². The Morgan fingerprint density at radius 3 is 2.67 bits per heavy atom. The van der Waals surface area contributed by atoms with Crippen LogP contribution in [-0.4, -0.2) is 18.3 Å². The lowest BCUT2D eigenvalue weighted by atomic mass is 10.4. The van der Waals surface area contributed by atoms with Gasteiger partial charge >= 0.3 is 0 Å². The monoisotopic (exact) mass is 202 g/mol.